The number of hydrogen-bond donors (Lipinski definition) is 1. The number of hydrogen-bond acceptors (Lipinski definition) is 2. The molecule has 0 bridgehead atoms. The van der Waals surface area contributed by atoms with Crippen LogP contribution in [-0.2, 0) is 12.7 Å². The van der Waals surface area contributed by atoms with Crippen molar-refractivity contribution in [2.75, 3.05) is 19.6 Å². The summed E-state index contributed by atoms with van der Waals surface area (Å²) in [6.45, 7) is 5.60. The maximum absolute atomic E-state index is 12.7. The molecule has 1 aromatic carbocycles. The van der Waals surface area contributed by atoms with Gasteiger partial charge < -0.3 is 5.32 Å². The minimum Gasteiger partial charge on any atom is -0.313 e. The Labute approximate surface area is 124 Å². The summed E-state index contributed by atoms with van der Waals surface area (Å²) in [7, 11) is 0. The van der Waals surface area contributed by atoms with Gasteiger partial charge in [0, 0.05) is 19.1 Å². The summed E-state index contributed by atoms with van der Waals surface area (Å²) in [5.74, 6) is 0. The van der Waals surface area contributed by atoms with Crippen molar-refractivity contribution in [2.45, 2.75) is 44.9 Å². The molecule has 0 radical (unpaired) electrons. The number of nitrogens with zero attached hydrogens (tertiary/aromatic N) is 1. The Bertz CT molecular complexity index is 445. The van der Waals surface area contributed by atoms with Crippen LogP contribution in [0.5, 0.6) is 0 Å². The van der Waals surface area contributed by atoms with Gasteiger partial charge in [0.2, 0.25) is 0 Å². The smallest absolute Gasteiger partial charge is 0.313 e. The first-order valence-electron chi connectivity index (χ1n) is 7.61. The van der Waals surface area contributed by atoms with Crippen LogP contribution in [0.2, 0.25) is 0 Å². The minimum absolute atomic E-state index is 0.462. The Hall–Kier alpha value is -1.07. The molecule has 0 aliphatic carbocycles. The maximum Gasteiger partial charge on any atom is 0.416 e. The van der Waals surface area contributed by atoms with Gasteiger partial charge in [-0.3, -0.25) is 4.90 Å². The number of nitrogens with one attached hydrogen (secondary N) is 1. The van der Waals surface area contributed by atoms with E-state index in [1.807, 2.05) is 0 Å². The Morgan fingerprint density at radius 3 is 2.86 bits per heavy atom. The summed E-state index contributed by atoms with van der Waals surface area (Å²) in [6, 6.07) is 6.13. The van der Waals surface area contributed by atoms with Crippen molar-refractivity contribution >= 4 is 0 Å². The molecule has 21 heavy (non-hydrogen) atoms. The fourth-order valence-electron chi connectivity index (χ4n) is 2.82. The van der Waals surface area contributed by atoms with Crippen LogP contribution in [0.4, 0.5) is 13.2 Å². The van der Waals surface area contributed by atoms with Crippen molar-refractivity contribution in [3.05, 3.63) is 35.4 Å². The SMILES string of the molecule is CCCNC1CCCN(Cc2cccc(C(F)(F)F)c2)C1. The predicted molar refractivity (Wildman–Crippen MR) is 78.0 cm³/mol. The number of halogens is 3. The lowest BCUT2D eigenvalue weighted by Gasteiger charge is -2.33. The standard InChI is InChI=1S/C16H23F3N2/c1-2-8-20-15-7-4-9-21(12-15)11-13-5-3-6-14(10-13)16(17,18)19/h3,5-6,10,15,20H,2,4,7-9,11-12H2,1H3. The molecular weight excluding hydrogens is 277 g/mol. The number of piperidine rings is 1. The summed E-state index contributed by atoms with van der Waals surface area (Å²) in [5, 5.41) is 3.50. The van der Waals surface area contributed by atoms with Crippen molar-refractivity contribution < 1.29 is 13.2 Å². The van der Waals surface area contributed by atoms with Crippen molar-refractivity contribution in [1.29, 1.82) is 0 Å². The zero-order valence-electron chi connectivity index (χ0n) is 12.4. The highest BCUT2D eigenvalue weighted by Crippen LogP contribution is 2.29. The van der Waals surface area contributed by atoms with Crippen LogP contribution in [-0.4, -0.2) is 30.6 Å². The molecule has 118 valence electrons. The highest BCUT2D eigenvalue weighted by atomic mass is 19.4. The molecule has 2 nitrogen and oxygen atoms in total. The Morgan fingerprint density at radius 2 is 2.14 bits per heavy atom. The summed E-state index contributed by atoms with van der Waals surface area (Å²) >= 11 is 0. The molecule has 2 rings (SSSR count). The molecule has 5 heteroatoms. The van der Waals surface area contributed by atoms with E-state index in [2.05, 4.69) is 17.1 Å². The second-order valence-electron chi connectivity index (χ2n) is 5.73. The molecule has 1 saturated heterocycles. The second kappa shape index (κ2) is 7.27. The van der Waals surface area contributed by atoms with E-state index in [0.717, 1.165) is 50.5 Å². The second-order valence-corrected chi connectivity index (χ2v) is 5.73. The highest BCUT2D eigenvalue weighted by molar-refractivity contribution is 5.25. The lowest BCUT2D eigenvalue weighted by atomic mass is 10.0. The average Bonchev–Trinajstić information content (AvgIpc) is 2.45. The van der Waals surface area contributed by atoms with Gasteiger partial charge in [-0.2, -0.15) is 13.2 Å². The molecule has 1 atom stereocenters. The lowest BCUT2D eigenvalue weighted by molar-refractivity contribution is -0.137. The third kappa shape index (κ3) is 5.00. The van der Waals surface area contributed by atoms with Crippen molar-refractivity contribution in [1.82, 2.24) is 10.2 Å². The van der Waals surface area contributed by atoms with Crippen LogP contribution in [0.15, 0.2) is 24.3 Å². The van der Waals surface area contributed by atoms with Gasteiger partial charge >= 0.3 is 6.18 Å². The van der Waals surface area contributed by atoms with Gasteiger partial charge in [-0.1, -0.05) is 25.1 Å². The first-order valence-corrected chi connectivity index (χ1v) is 7.61. The van der Waals surface area contributed by atoms with Gasteiger partial charge in [-0.25, -0.2) is 0 Å². The summed E-state index contributed by atoms with van der Waals surface area (Å²) in [4.78, 5) is 2.24. The van der Waals surface area contributed by atoms with Crippen LogP contribution < -0.4 is 5.32 Å². The molecule has 1 aliphatic heterocycles. The molecule has 0 saturated carbocycles. The van der Waals surface area contributed by atoms with Gasteiger partial charge in [0.15, 0.2) is 0 Å². The van der Waals surface area contributed by atoms with E-state index in [1.165, 1.54) is 12.1 Å². The van der Waals surface area contributed by atoms with Crippen molar-refractivity contribution in [3.8, 4) is 0 Å². The van der Waals surface area contributed by atoms with Crippen molar-refractivity contribution in [3.63, 3.8) is 0 Å². The first kappa shape index (κ1) is 16.3. The van der Waals surface area contributed by atoms with E-state index in [-0.39, 0.29) is 0 Å². The van der Waals surface area contributed by atoms with Gasteiger partial charge in [0.25, 0.3) is 0 Å². The number of rotatable bonds is 5. The summed E-state index contributed by atoms with van der Waals surface area (Å²) in [5.41, 5.74) is 0.179. The summed E-state index contributed by atoms with van der Waals surface area (Å²) < 4.78 is 38.2. The zero-order chi connectivity index (χ0) is 15.3. The quantitative estimate of drug-likeness (QED) is 0.892. The van der Waals surface area contributed by atoms with Crippen LogP contribution in [0.3, 0.4) is 0 Å². The van der Waals surface area contributed by atoms with E-state index < -0.39 is 11.7 Å². The van der Waals surface area contributed by atoms with Gasteiger partial charge in [0.1, 0.15) is 0 Å². The van der Waals surface area contributed by atoms with Crippen LogP contribution in [0, 0.1) is 0 Å². The Morgan fingerprint density at radius 1 is 1.33 bits per heavy atom. The Balaban J connectivity index is 1.95. The van der Waals surface area contributed by atoms with Gasteiger partial charge in [-0.05, 0) is 44.0 Å². The number of benzene rings is 1. The average molecular weight is 300 g/mol. The van der Waals surface area contributed by atoms with E-state index in [0.29, 0.717) is 12.6 Å². The molecule has 1 aliphatic rings. The van der Waals surface area contributed by atoms with E-state index in [1.54, 1.807) is 6.07 Å². The molecule has 1 fully saturated rings. The highest BCUT2D eigenvalue weighted by Gasteiger charge is 2.30. The maximum atomic E-state index is 12.7. The third-order valence-electron chi connectivity index (χ3n) is 3.85. The van der Waals surface area contributed by atoms with Crippen LogP contribution in [0.25, 0.3) is 0 Å². The van der Waals surface area contributed by atoms with Crippen molar-refractivity contribution in [2.24, 2.45) is 0 Å². The number of likely N-dealkylation sites (tertiary alicyclic amines) is 1. The molecule has 1 aromatic rings. The largest absolute Gasteiger partial charge is 0.416 e. The van der Waals surface area contributed by atoms with Crippen LogP contribution >= 0.6 is 0 Å². The predicted octanol–water partition coefficient (Wildman–Crippen LogP) is 3.67. The molecule has 0 spiro atoms. The molecule has 1 heterocycles. The minimum atomic E-state index is -4.26. The van der Waals surface area contributed by atoms with Gasteiger partial charge in [0.05, 0.1) is 5.56 Å². The molecular formula is C16H23F3N2. The first-order chi connectivity index (χ1) is 9.99. The molecule has 1 N–H and O–H groups in total. The lowest BCUT2D eigenvalue weighted by Crippen LogP contribution is -2.45. The molecule has 0 aromatic heterocycles. The molecule has 1 unspecified atom stereocenters. The number of alkyl halides is 3. The van der Waals surface area contributed by atoms with E-state index >= 15 is 0 Å². The van der Waals surface area contributed by atoms with E-state index in [4.69, 9.17) is 0 Å². The van der Waals surface area contributed by atoms with E-state index in [9.17, 15) is 13.2 Å². The Kier molecular flexibility index (Phi) is 5.65. The monoisotopic (exact) mass is 300 g/mol. The topological polar surface area (TPSA) is 15.3 Å². The summed E-state index contributed by atoms with van der Waals surface area (Å²) in [6.07, 6.45) is -0.910. The third-order valence-corrected chi connectivity index (χ3v) is 3.85. The zero-order valence-corrected chi connectivity index (χ0v) is 12.4. The molecule has 0 amide bonds. The fraction of sp³-hybridized carbons (Fsp3) is 0.625. The fourth-order valence-corrected chi connectivity index (χ4v) is 2.82. The normalized spacial score (nSPS) is 20.7. The van der Waals surface area contributed by atoms with Crippen LogP contribution in [0.1, 0.15) is 37.3 Å². The van der Waals surface area contributed by atoms with Gasteiger partial charge in [-0.15, -0.1) is 0 Å².